The van der Waals surface area contributed by atoms with Crippen molar-refractivity contribution in [1.82, 2.24) is 15.0 Å². The van der Waals surface area contributed by atoms with E-state index in [1.165, 1.54) is 18.5 Å². The SMILES string of the molecule is Clc1cnccc1-c1ncc(C2CC2)[nH]1. The number of nitrogens with zero attached hydrogens (tertiary/aromatic N) is 2. The van der Waals surface area contributed by atoms with Gasteiger partial charge < -0.3 is 4.98 Å². The van der Waals surface area contributed by atoms with Crippen LogP contribution in [0.3, 0.4) is 0 Å². The maximum absolute atomic E-state index is 6.04. The molecule has 0 atom stereocenters. The van der Waals surface area contributed by atoms with Crippen molar-refractivity contribution in [2.75, 3.05) is 0 Å². The number of imidazole rings is 1. The van der Waals surface area contributed by atoms with Crippen LogP contribution in [0.25, 0.3) is 11.4 Å². The van der Waals surface area contributed by atoms with Crippen LogP contribution < -0.4 is 0 Å². The molecule has 1 saturated carbocycles. The fourth-order valence-electron chi connectivity index (χ4n) is 1.64. The summed E-state index contributed by atoms with van der Waals surface area (Å²) in [4.78, 5) is 11.6. The summed E-state index contributed by atoms with van der Waals surface area (Å²) in [5, 5.41) is 0.634. The van der Waals surface area contributed by atoms with Gasteiger partial charge in [0.1, 0.15) is 5.82 Å². The second-order valence-corrected chi connectivity index (χ2v) is 4.22. The van der Waals surface area contributed by atoms with E-state index in [4.69, 9.17) is 11.6 Å². The van der Waals surface area contributed by atoms with Crippen molar-refractivity contribution in [2.45, 2.75) is 18.8 Å². The molecular weight excluding hydrogens is 210 g/mol. The molecule has 1 aliphatic rings. The maximum atomic E-state index is 6.04. The molecule has 0 aliphatic heterocycles. The normalized spacial score (nSPS) is 15.5. The van der Waals surface area contributed by atoms with Crippen molar-refractivity contribution in [1.29, 1.82) is 0 Å². The number of aromatic nitrogens is 3. The third kappa shape index (κ3) is 1.63. The molecule has 76 valence electrons. The molecule has 2 aromatic rings. The van der Waals surface area contributed by atoms with Gasteiger partial charge in [-0.25, -0.2) is 4.98 Å². The number of rotatable bonds is 2. The van der Waals surface area contributed by atoms with Gasteiger partial charge >= 0.3 is 0 Å². The van der Waals surface area contributed by atoms with Gasteiger partial charge in [-0.3, -0.25) is 4.98 Å². The van der Waals surface area contributed by atoms with E-state index in [0.717, 1.165) is 11.4 Å². The Balaban J connectivity index is 2.01. The van der Waals surface area contributed by atoms with Gasteiger partial charge in [-0.1, -0.05) is 11.6 Å². The van der Waals surface area contributed by atoms with Crippen molar-refractivity contribution in [3.05, 3.63) is 35.4 Å². The van der Waals surface area contributed by atoms with Gasteiger partial charge in [0.2, 0.25) is 0 Å². The number of H-pyrrole nitrogens is 1. The van der Waals surface area contributed by atoms with Crippen molar-refractivity contribution >= 4 is 11.6 Å². The number of halogens is 1. The van der Waals surface area contributed by atoms with Crippen LogP contribution in [0.5, 0.6) is 0 Å². The maximum Gasteiger partial charge on any atom is 0.139 e. The molecular formula is C11H10ClN3. The molecule has 0 saturated heterocycles. The van der Waals surface area contributed by atoms with E-state index in [2.05, 4.69) is 15.0 Å². The Bertz CT molecular complexity index is 488. The molecule has 0 unspecified atom stereocenters. The van der Waals surface area contributed by atoms with Gasteiger partial charge in [0, 0.05) is 35.8 Å². The van der Waals surface area contributed by atoms with Crippen LogP contribution >= 0.6 is 11.6 Å². The predicted octanol–water partition coefficient (Wildman–Crippen LogP) is 3.00. The van der Waals surface area contributed by atoms with E-state index in [1.54, 1.807) is 12.4 Å². The first-order chi connectivity index (χ1) is 7.34. The first-order valence-electron chi connectivity index (χ1n) is 4.99. The quantitative estimate of drug-likeness (QED) is 0.844. The van der Waals surface area contributed by atoms with Crippen LogP contribution in [-0.2, 0) is 0 Å². The summed E-state index contributed by atoms with van der Waals surface area (Å²) in [5.74, 6) is 1.52. The third-order valence-corrected chi connectivity index (χ3v) is 2.94. The Labute approximate surface area is 92.5 Å². The second kappa shape index (κ2) is 3.35. The first kappa shape index (κ1) is 8.92. The standard InChI is InChI=1S/C11H10ClN3/c12-9-5-13-4-3-8(9)11-14-6-10(15-11)7-1-2-7/h3-7H,1-2H2,(H,14,15). The van der Waals surface area contributed by atoms with Crippen molar-refractivity contribution in [3.63, 3.8) is 0 Å². The lowest BCUT2D eigenvalue weighted by atomic mass is 10.2. The summed E-state index contributed by atoms with van der Waals surface area (Å²) in [6, 6.07) is 1.87. The van der Waals surface area contributed by atoms with Crippen LogP contribution in [-0.4, -0.2) is 15.0 Å². The van der Waals surface area contributed by atoms with Gasteiger partial charge in [-0.2, -0.15) is 0 Å². The zero-order valence-corrected chi connectivity index (χ0v) is 8.83. The van der Waals surface area contributed by atoms with Crippen molar-refractivity contribution in [3.8, 4) is 11.4 Å². The fourth-order valence-corrected chi connectivity index (χ4v) is 1.85. The summed E-state index contributed by atoms with van der Waals surface area (Å²) in [6.45, 7) is 0. The average Bonchev–Trinajstić information content (AvgIpc) is 2.99. The highest BCUT2D eigenvalue weighted by atomic mass is 35.5. The summed E-state index contributed by atoms with van der Waals surface area (Å²) in [5.41, 5.74) is 2.14. The minimum Gasteiger partial charge on any atom is -0.342 e. The van der Waals surface area contributed by atoms with Crippen LogP contribution in [0.1, 0.15) is 24.5 Å². The molecule has 3 nitrogen and oxygen atoms in total. The van der Waals surface area contributed by atoms with Gasteiger partial charge in [0.05, 0.1) is 5.02 Å². The molecule has 0 radical (unpaired) electrons. The molecule has 4 heteroatoms. The molecule has 2 aromatic heterocycles. The molecule has 0 amide bonds. The number of aromatic amines is 1. The smallest absolute Gasteiger partial charge is 0.139 e. The highest BCUT2D eigenvalue weighted by Crippen LogP contribution is 2.39. The number of pyridine rings is 1. The van der Waals surface area contributed by atoms with Crippen LogP contribution in [0.2, 0.25) is 5.02 Å². The third-order valence-electron chi connectivity index (χ3n) is 2.64. The minimum absolute atomic E-state index is 0.634. The molecule has 15 heavy (non-hydrogen) atoms. The topological polar surface area (TPSA) is 41.6 Å². The molecule has 1 aliphatic carbocycles. The second-order valence-electron chi connectivity index (χ2n) is 3.82. The van der Waals surface area contributed by atoms with E-state index in [-0.39, 0.29) is 0 Å². The van der Waals surface area contributed by atoms with Gasteiger partial charge in [-0.05, 0) is 18.9 Å². The number of hydrogen-bond acceptors (Lipinski definition) is 2. The van der Waals surface area contributed by atoms with Gasteiger partial charge in [0.15, 0.2) is 0 Å². The van der Waals surface area contributed by atoms with E-state index in [9.17, 15) is 0 Å². The zero-order valence-electron chi connectivity index (χ0n) is 8.07. The van der Waals surface area contributed by atoms with E-state index >= 15 is 0 Å². The Morgan fingerprint density at radius 1 is 1.33 bits per heavy atom. The van der Waals surface area contributed by atoms with Gasteiger partial charge in [0.25, 0.3) is 0 Å². The summed E-state index contributed by atoms with van der Waals surface area (Å²) in [6.07, 6.45) is 7.80. The lowest BCUT2D eigenvalue weighted by Gasteiger charge is -1.98. The van der Waals surface area contributed by atoms with Crippen LogP contribution in [0.4, 0.5) is 0 Å². The highest BCUT2D eigenvalue weighted by molar-refractivity contribution is 6.33. The fraction of sp³-hybridized carbons (Fsp3) is 0.273. The monoisotopic (exact) mass is 219 g/mol. The van der Waals surface area contributed by atoms with E-state index < -0.39 is 0 Å². The minimum atomic E-state index is 0.634. The molecule has 0 spiro atoms. The summed E-state index contributed by atoms with van der Waals surface area (Å²) < 4.78 is 0. The van der Waals surface area contributed by atoms with E-state index in [0.29, 0.717) is 10.9 Å². The molecule has 2 heterocycles. The average molecular weight is 220 g/mol. The molecule has 0 aromatic carbocycles. The Morgan fingerprint density at radius 3 is 2.93 bits per heavy atom. The predicted molar refractivity (Wildman–Crippen MR) is 58.8 cm³/mol. The first-order valence-corrected chi connectivity index (χ1v) is 5.37. The van der Waals surface area contributed by atoms with E-state index in [1.807, 2.05) is 12.3 Å². The summed E-state index contributed by atoms with van der Waals surface area (Å²) >= 11 is 6.04. The molecule has 3 rings (SSSR count). The summed E-state index contributed by atoms with van der Waals surface area (Å²) in [7, 11) is 0. The lowest BCUT2D eigenvalue weighted by molar-refractivity contribution is 1.05. The highest BCUT2D eigenvalue weighted by Gasteiger charge is 2.25. The largest absolute Gasteiger partial charge is 0.342 e. The number of hydrogen-bond donors (Lipinski definition) is 1. The Morgan fingerprint density at radius 2 is 2.20 bits per heavy atom. The lowest BCUT2D eigenvalue weighted by Crippen LogP contribution is -1.84. The van der Waals surface area contributed by atoms with Crippen LogP contribution in [0, 0.1) is 0 Å². The van der Waals surface area contributed by atoms with Crippen molar-refractivity contribution < 1.29 is 0 Å². The molecule has 1 N–H and O–H groups in total. The number of nitrogens with one attached hydrogen (secondary N) is 1. The van der Waals surface area contributed by atoms with Crippen molar-refractivity contribution in [2.24, 2.45) is 0 Å². The Hall–Kier alpha value is -1.35. The van der Waals surface area contributed by atoms with Crippen LogP contribution in [0.15, 0.2) is 24.7 Å². The Kier molecular flexibility index (Phi) is 1.99. The van der Waals surface area contributed by atoms with Gasteiger partial charge in [-0.15, -0.1) is 0 Å². The molecule has 0 bridgehead atoms. The zero-order chi connectivity index (χ0) is 10.3. The molecule has 1 fully saturated rings.